The van der Waals surface area contributed by atoms with E-state index in [1.807, 2.05) is 18.3 Å². The maximum atomic E-state index is 11.4. The third kappa shape index (κ3) is 3.18. The van der Waals surface area contributed by atoms with Gasteiger partial charge in [0, 0.05) is 30.8 Å². The summed E-state index contributed by atoms with van der Waals surface area (Å²) >= 11 is 0. The lowest BCUT2D eigenvalue weighted by Gasteiger charge is -2.20. The number of benzene rings is 1. The van der Waals surface area contributed by atoms with Gasteiger partial charge in [-0.15, -0.1) is 0 Å². The number of anilines is 1. The third-order valence-corrected chi connectivity index (χ3v) is 4.40. The molecule has 0 amide bonds. The highest BCUT2D eigenvalue weighted by molar-refractivity contribution is 5.89. The van der Waals surface area contributed by atoms with Crippen LogP contribution < -0.4 is 4.90 Å². The third-order valence-electron chi connectivity index (χ3n) is 4.40. The van der Waals surface area contributed by atoms with Crippen LogP contribution in [0.2, 0.25) is 0 Å². The number of aromatic carboxylic acids is 1. The van der Waals surface area contributed by atoms with E-state index in [0.717, 1.165) is 43.7 Å². The van der Waals surface area contributed by atoms with E-state index in [4.69, 9.17) is 0 Å². The lowest BCUT2D eigenvalue weighted by atomic mass is 9.93. The molecule has 2 heterocycles. The molecule has 0 unspecified atom stereocenters. The molecule has 0 radical (unpaired) electrons. The second kappa shape index (κ2) is 6.77. The minimum absolute atomic E-state index is 0.228. The van der Waals surface area contributed by atoms with Gasteiger partial charge in [0.25, 0.3) is 0 Å². The summed E-state index contributed by atoms with van der Waals surface area (Å²) in [4.78, 5) is 22.3. The Morgan fingerprint density at radius 3 is 3.00 bits per heavy atom. The van der Waals surface area contributed by atoms with Crippen LogP contribution in [0.25, 0.3) is 0 Å². The first-order valence-corrected chi connectivity index (χ1v) is 8.06. The Morgan fingerprint density at radius 1 is 1.39 bits per heavy atom. The molecule has 120 valence electrons. The summed E-state index contributed by atoms with van der Waals surface area (Å²) in [6.07, 6.45) is 6.44. The Balaban J connectivity index is 1.83. The van der Waals surface area contributed by atoms with Crippen molar-refractivity contribution in [2.45, 2.75) is 32.1 Å². The van der Waals surface area contributed by atoms with E-state index in [9.17, 15) is 9.90 Å². The van der Waals surface area contributed by atoms with Crippen molar-refractivity contribution in [3.8, 4) is 0 Å². The Bertz CT molecular complexity index is 702. The highest BCUT2D eigenvalue weighted by atomic mass is 16.4. The molecule has 1 saturated heterocycles. The molecule has 0 aliphatic carbocycles. The molecular weight excluding hydrogens is 290 g/mol. The molecule has 0 bridgehead atoms. The van der Waals surface area contributed by atoms with Crippen molar-refractivity contribution < 1.29 is 9.90 Å². The van der Waals surface area contributed by atoms with E-state index in [1.54, 1.807) is 18.5 Å². The maximum Gasteiger partial charge on any atom is 0.335 e. The number of nitrogens with zero attached hydrogens (tertiary/aromatic N) is 3. The van der Waals surface area contributed by atoms with Crippen molar-refractivity contribution in [2.75, 3.05) is 18.0 Å². The Labute approximate surface area is 136 Å². The minimum atomic E-state index is -0.854. The Kier molecular flexibility index (Phi) is 4.55. The van der Waals surface area contributed by atoms with Crippen LogP contribution in [0, 0.1) is 0 Å². The number of aryl methyl sites for hydroxylation is 1. The molecule has 5 heteroatoms. The van der Waals surface area contributed by atoms with Crippen LogP contribution in [0.3, 0.4) is 0 Å². The number of hydrogen-bond acceptors (Lipinski definition) is 4. The van der Waals surface area contributed by atoms with Crippen molar-refractivity contribution in [2.24, 2.45) is 0 Å². The highest BCUT2D eigenvalue weighted by Gasteiger charge is 2.28. The van der Waals surface area contributed by atoms with Crippen LogP contribution in [0.15, 0.2) is 36.8 Å². The van der Waals surface area contributed by atoms with E-state index in [2.05, 4.69) is 21.8 Å². The predicted octanol–water partition coefficient (Wildman–Crippen LogP) is 3.12. The second-order valence-electron chi connectivity index (χ2n) is 5.95. The summed E-state index contributed by atoms with van der Waals surface area (Å²) in [5.41, 5.74) is 2.51. The number of hydrogen-bond donors (Lipinski definition) is 1. The summed E-state index contributed by atoms with van der Waals surface area (Å²) in [7, 11) is 0. The van der Waals surface area contributed by atoms with Crippen molar-refractivity contribution in [3.63, 3.8) is 0 Å². The smallest absolute Gasteiger partial charge is 0.335 e. The molecule has 3 rings (SSSR count). The van der Waals surface area contributed by atoms with Crippen LogP contribution in [-0.2, 0) is 6.42 Å². The van der Waals surface area contributed by atoms with Crippen molar-refractivity contribution in [3.05, 3.63) is 53.5 Å². The van der Waals surface area contributed by atoms with Crippen LogP contribution in [-0.4, -0.2) is 34.1 Å². The number of rotatable bonds is 5. The molecule has 1 fully saturated rings. The number of carbonyl (C=O) groups is 1. The lowest BCUT2D eigenvalue weighted by molar-refractivity contribution is 0.0695. The first-order valence-electron chi connectivity index (χ1n) is 8.06. The number of carboxylic acid groups (broad SMARTS) is 1. The van der Waals surface area contributed by atoms with Gasteiger partial charge in [-0.2, -0.15) is 0 Å². The summed E-state index contributed by atoms with van der Waals surface area (Å²) in [5.74, 6) is 0.372. The molecule has 1 N–H and O–H groups in total. The molecule has 0 spiro atoms. The van der Waals surface area contributed by atoms with Gasteiger partial charge in [-0.05, 0) is 24.5 Å². The van der Waals surface area contributed by atoms with Crippen LogP contribution in [0.4, 0.5) is 5.82 Å². The topological polar surface area (TPSA) is 66.3 Å². The molecule has 1 aromatic heterocycles. The highest BCUT2D eigenvalue weighted by Crippen LogP contribution is 2.33. The zero-order valence-corrected chi connectivity index (χ0v) is 13.3. The average molecular weight is 311 g/mol. The van der Waals surface area contributed by atoms with Crippen molar-refractivity contribution >= 4 is 11.8 Å². The maximum absolute atomic E-state index is 11.4. The fourth-order valence-electron chi connectivity index (χ4n) is 3.34. The summed E-state index contributed by atoms with van der Waals surface area (Å²) in [6, 6.07) is 7.32. The van der Waals surface area contributed by atoms with Gasteiger partial charge in [0.2, 0.25) is 0 Å². The van der Waals surface area contributed by atoms with Gasteiger partial charge in [-0.25, -0.2) is 14.8 Å². The monoisotopic (exact) mass is 311 g/mol. The first kappa shape index (κ1) is 15.5. The molecule has 2 aromatic rings. The second-order valence-corrected chi connectivity index (χ2v) is 5.95. The normalized spacial score (nSPS) is 17.4. The molecule has 0 saturated carbocycles. The van der Waals surface area contributed by atoms with Gasteiger partial charge >= 0.3 is 5.97 Å². The fourth-order valence-corrected chi connectivity index (χ4v) is 3.34. The van der Waals surface area contributed by atoms with E-state index in [1.165, 1.54) is 5.56 Å². The average Bonchev–Trinajstić information content (AvgIpc) is 3.05. The van der Waals surface area contributed by atoms with E-state index in [-0.39, 0.29) is 5.92 Å². The molecule has 1 aromatic carbocycles. The molecule has 23 heavy (non-hydrogen) atoms. The van der Waals surface area contributed by atoms with Gasteiger partial charge in [0.15, 0.2) is 0 Å². The van der Waals surface area contributed by atoms with Crippen LogP contribution >= 0.6 is 0 Å². The fraction of sp³-hybridized carbons (Fsp3) is 0.389. The summed E-state index contributed by atoms with van der Waals surface area (Å²) < 4.78 is 0. The largest absolute Gasteiger partial charge is 0.478 e. The first-order chi connectivity index (χ1) is 11.2. The Hall–Kier alpha value is -2.43. The zero-order chi connectivity index (χ0) is 16.2. The van der Waals surface area contributed by atoms with E-state index < -0.39 is 5.97 Å². The lowest BCUT2D eigenvalue weighted by Crippen LogP contribution is -2.22. The molecule has 5 nitrogen and oxygen atoms in total. The minimum Gasteiger partial charge on any atom is -0.478 e. The zero-order valence-electron chi connectivity index (χ0n) is 13.3. The van der Waals surface area contributed by atoms with E-state index in [0.29, 0.717) is 5.56 Å². The standard InChI is InChI=1S/C18H21N3O2/c1-2-5-13-10-19-12-20-17(13)21-9-8-14(11-21)15-6-3-4-7-16(15)18(22)23/h3-4,6-7,10,12,14H,2,5,8-9,11H2,1H3,(H,22,23)/t14-/m0/s1. The number of carboxylic acids is 1. The molecule has 1 atom stereocenters. The van der Waals surface area contributed by atoms with Gasteiger partial charge in [-0.1, -0.05) is 31.5 Å². The van der Waals surface area contributed by atoms with Crippen molar-refractivity contribution in [1.82, 2.24) is 9.97 Å². The summed E-state index contributed by atoms with van der Waals surface area (Å²) in [5, 5.41) is 9.39. The van der Waals surface area contributed by atoms with Crippen molar-refractivity contribution in [1.29, 1.82) is 0 Å². The van der Waals surface area contributed by atoms with Gasteiger partial charge in [-0.3, -0.25) is 0 Å². The summed E-state index contributed by atoms with van der Waals surface area (Å²) in [6.45, 7) is 3.84. The van der Waals surface area contributed by atoms with E-state index >= 15 is 0 Å². The number of aromatic nitrogens is 2. The Morgan fingerprint density at radius 2 is 2.22 bits per heavy atom. The molecule has 1 aliphatic rings. The van der Waals surface area contributed by atoms with Gasteiger partial charge in [0.1, 0.15) is 12.1 Å². The van der Waals surface area contributed by atoms with Crippen LogP contribution in [0.5, 0.6) is 0 Å². The SMILES string of the molecule is CCCc1cncnc1N1CC[C@H](c2ccccc2C(=O)O)C1. The van der Waals surface area contributed by atoms with Gasteiger partial charge < -0.3 is 10.0 Å². The molecular formula is C18H21N3O2. The van der Waals surface area contributed by atoms with Gasteiger partial charge in [0.05, 0.1) is 5.56 Å². The van der Waals surface area contributed by atoms with Crippen LogP contribution in [0.1, 0.15) is 47.2 Å². The molecule has 1 aliphatic heterocycles. The quantitative estimate of drug-likeness (QED) is 0.919. The predicted molar refractivity (Wildman–Crippen MR) is 89.0 cm³/mol.